The average Bonchev–Trinajstić information content (AvgIpc) is 2.60. The Labute approximate surface area is 65.4 Å². The zero-order valence-corrected chi connectivity index (χ0v) is 6.45. The maximum atomic E-state index is 3.93. The van der Waals surface area contributed by atoms with E-state index >= 15 is 0 Å². The topological polar surface area (TPSA) is 54.5 Å². The minimum absolute atomic E-state index is 0.813. The van der Waals surface area contributed by atoms with E-state index in [0.29, 0.717) is 0 Å². The highest BCUT2D eigenvalue weighted by atomic mass is 15.5. The summed E-state index contributed by atoms with van der Waals surface area (Å²) in [4.78, 5) is 0. The first-order chi connectivity index (χ1) is 5.45. The molecule has 4 nitrogen and oxygen atoms in total. The predicted molar refractivity (Wildman–Crippen MR) is 39.8 cm³/mol. The fourth-order valence-electron chi connectivity index (χ4n) is 1.74. The summed E-state index contributed by atoms with van der Waals surface area (Å²) in [5.41, 5.74) is 0. The zero-order valence-electron chi connectivity index (χ0n) is 6.45. The summed E-state index contributed by atoms with van der Waals surface area (Å²) >= 11 is 0. The molecule has 0 spiro atoms. The number of nitrogens with zero attached hydrogens (tertiary/aromatic N) is 3. The van der Waals surface area contributed by atoms with Crippen molar-refractivity contribution < 1.29 is 0 Å². The van der Waals surface area contributed by atoms with Crippen LogP contribution in [-0.2, 0) is 6.42 Å². The molecular formula is C7H12N4. The standard InChI is InChI=1S/C7H12N4/c1-2-4-6(3-1)5-7-8-10-11-9-7/h6H,1-5H2,(H,8,9,10,11). The highest BCUT2D eigenvalue weighted by molar-refractivity contribution is 4.82. The van der Waals surface area contributed by atoms with Crippen LogP contribution in [0.25, 0.3) is 0 Å². The van der Waals surface area contributed by atoms with E-state index in [9.17, 15) is 0 Å². The molecule has 0 atom stereocenters. The Morgan fingerprint density at radius 1 is 1.36 bits per heavy atom. The van der Waals surface area contributed by atoms with Gasteiger partial charge in [-0.1, -0.05) is 30.9 Å². The van der Waals surface area contributed by atoms with Gasteiger partial charge in [-0.3, -0.25) is 0 Å². The number of aromatic nitrogens is 4. The van der Waals surface area contributed by atoms with E-state index in [1.807, 2.05) is 0 Å². The molecule has 1 aromatic rings. The quantitative estimate of drug-likeness (QED) is 0.686. The highest BCUT2D eigenvalue weighted by Crippen LogP contribution is 2.26. The molecule has 1 N–H and O–H groups in total. The van der Waals surface area contributed by atoms with Gasteiger partial charge in [0, 0.05) is 6.42 Å². The van der Waals surface area contributed by atoms with Crippen LogP contribution in [0.4, 0.5) is 0 Å². The third kappa shape index (κ3) is 1.56. The van der Waals surface area contributed by atoms with Crippen molar-refractivity contribution in [2.45, 2.75) is 32.1 Å². The number of nitrogens with one attached hydrogen (secondary N) is 1. The molecule has 0 unspecified atom stereocenters. The van der Waals surface area contributed by atoms with Gasteiger partial charge in [-0.05, 0) is 5.92 Å². The molecule has 4 heteroatoms. The van der Waals surface area contributed by atoms with E-state index in [2.05, 4.69) is 20.6 Å². The Bertz CT molecular complexity index is 200. The number of H-pyrrole nitrogens is 1. The molecule has 0 bridgehead atoms. The SMILES string of the molecule is C1CCC(Cc2nn[nH]n2)C1. The molecule has 0 aromatic carbocycles. The summed E-state index contributed by atoms with van der Waals surface area (Å²) in [6.45, 7) is 0. The van der Waals surface area contributed by atoms with E-state index in [1.165, 1.54) is 25.7 Å². The minimum atomic E-state index is 0.813. The first kappa shape index (κ1) is 6.76. The lowest BCUT2D eigenvalue weighted by molar-refractivity contribution is 0.530. The molecule has 1 aliphatic carbocycles. The fraction of sp³-hybridized carbons (Fsp3) is 0.857. The van der Waals surface area contributed by atoms with Crippen molar-refractivity contribution >= 4 is 0 Å². The van der Waals surface area contributed by atoms with Gasteiger partial charge in [-0.15, -0.1) is 10.2 Å². The predicted octanol–water partition coefficient (Wildman–Crippen LogP) is 0.932. The average molecular weight is 152 g/mol. The molecule has 0 saturated heterocycles. The van der Waals surface area contributed by atoms with Crippen molar-refractivity contribution in [2.75, 3.05) is 0 Å². The van der Waals surface area contributed by atoms with Crippen LogP contribution in [0.15, 0.2) is 0 Å². The summed E-state index contributed by atoms with van der Waals surface area (Å²) in [5.74, 6) is 1.68. The summed E-state index contributed by atoms with van der Waals surface area (Å²) in [7, 11) is 0. The second-order valence-corrected chi connectivity index (χ2v) is 3.18. The minimum Gasteiger partial charge on any atom is -0.177 e. The van der Waals surface area contributed by atoms with Gasteiger partial charge >= 0.3 is 0 Å². The van der Waals surface area contributed by atoms with E-state index in [0.717, 1.165) is 18.2 Å². The van der Waals surface area contributed by atoms with E-state index in [4.69, 9.17) is 0 Å². The van der Waals surface area contributed by atoms with Gasteiger partial charge in [-0.25, -0.2) is 0 Å². The second-order valence-electron chi connectivity index (χ2n) is 3.18. The molecule has 2 rings (SSSR count). The molecule has 1 fully saturated rings. The van der Waals surface area contributed by atoms with Crippen molar-refractivity contribution in [2.24, 2.45) is 5.92 Å². The lowest BCUT2D eigenvalue weighted by atomic mass is 10.0. The summed E-state index contributed by atoms with van der Waals surface area (Å²) in [5, 5.41) is 13.9. The Balaban J connectivity index is 1.90. The molecule has 0 aliphatic heterocycles. The van der Waals surface area contributed by atoms with Gasteiger partial charge in [0.1, 0.15) is 0 Å². The van der Waals surface area contributed by atoms with Crippen molar-refractivity contribution in [1.29, 1.82) is 0 Å². The maximum Gasteiger partial charge on any atom is 0.174 e. The maximum absolute atomic E-state index is 3.93. The number of hydrogen-bond donors (Lipinski definition) is 1. The first-order valence-corrected chi connectivity index (χ1v) is 4.17. The number of aromatic amines is 1. The van der Waals surface area contributed by atoms with Gasteiger partial charge < -0.3 is 0 Å². The molecular weight excluding hydrogens is 140 g/mol. The van der Waals surface area contributed by atoms with Gasteiger partial charge in [0.2, 0.25) is 0 Å². The van der Waals surface area contributed by atoms with Crippen LogP contribution in [0.5, 0.6) is 0 Å². The van der Waals surface area contributed by atoms with Crippen LogP contribution in [0.3, 0.4) is 0 Å². The normalized spacial score (nSPS) is 19.3. The van der Waals surface area contributed by atoms with Gasteiger partial charge in [-0.2, -0.15) is 5.21 Å². The fourth-order valence-corrected chi connectivity index (χ4v) is 1.74. The molecule has 1 aliphatic rings. The van der Waals surface area contributed by atoms with Crippen LogP contribution in [-0.4, -0.2) is 20.6 Å². The van der Waals surface area contributed by atoms with Crippen LogP contribution in [0.1, 0.15) is 31.5 Å². The summed E-state index contributed by atoms with van der Waals surface area (Å²) in [6, 6.07) is 0. The molecule has 1 aromatic heterocycles. The van der Waals surface area contributed by atoms with Crippen molar-refractivity contribution in [3.8, 4) is 0 Å². The van der Waals surface area contributed by atoms with Crippen LogP contribution < -0.4 is 0 Å². The lowest BCUT2D eigenvalue weighted by Gasteiger charge is -2.02. The number of rotatable bonds is 2. The van der Waals surface area contributed by atoms with Gasteiger partial charge in [0.15, 0.2) is 5.82 Å². The van der Waals surface area contributed by atoms with Crippen molar-refractivity contribution in [3.05, 3.63) is 5.82 Å². The first-order valence-electron chi connectivity index (χ1n) is 4.17. The molecule has 0 radical (unpaired) electrons. The smallest absolute Gasteiger partial charge is 0.174 e. The highest BCUT2D eigenvalue weighted by Gasteiger charge is 2.16. The molecule has 1 saturated carbocycles. The van der Waals surface area contributed by atoms with Crippen molar-refractivity contribution in [1.82, 2.24) is 20.6 Å². The van der Waals surface area contributed by atoms with Gasteiger partial charge in [0.25, 0.3) is 0 Å². The Kier molecular flexibility index (Phi) is 1.83. The van der Waals surface area contributed by atoms with Crippen LogP contribution >= 0.6 is 0 Å². The molecule has 11 heavy (non-hydrogen) atoms. The number of hydrogen-bond acceptors (Lipinski definition) is 3. The van der Waals surface area contributed by atoms with Crippen LogP contribution in [0, 0.1) is 5.92 Å². The molecule has 1 heterocycles. The third-order valence-corrected chi connectivity index (χ3v) is 2.34. The van der Waals surface area contributed by atoms with E-state index in [-0.39, 0.29) is 0 Å². The molecule has 60 valence electrons. The largest absolute Gasteiger partial charge is 0.177 e. The van der Waals surface area contributed by atoms with E-state index < -0.39 is 0 Å². The summed E-state index contributed by atoms with van der Waals surface area (Å²) < 4.78 is 0. The zero-order chi connectivity index (χ0) is 7.52. The van der Waals surface area contributed by atoms with E-state index in [1.54, 1.807) is 0 Å². The Morgan fingerprint density at radius 3 is 2.82 bits per heavy atom. The Morgan fingerprint density at radius 2 is 2.18 bits per heavy atom. The van der Waals surface area contributed by atoms with Crippen LogP contribution in [0.2, 0.25) is 0 Å². The third-order valence-electron chi connectivity index (χ3n) is 2.34. The van der Waals surface area contributed by atoms with Gasteiger partial charge in [0.05, 0.1) is 0 Å². The number of tetrazole rings is 1. The monoisotopic (exact) mass is 152 g/mol. The lowest BCUT2D eigenvalue weighted by Crippen LogP contribution is -2.00. The Hall–Kier alpha value is -0.930. The molecule has 0 amide bonds. The van der Waals surface area contributed by atoms with Crippen molar-refractivity contribution in [3.63, 3.8) is 0 Å². The summed E-state index contributed by atoms with van der Waals surface area (Å²) in [6.07, 6.45) is 6.45. The second kappa shape index (κ2) is 2.98.